The van der Waals surface area contributed by atoms with E-state index in [1.807, 2.05) is 11.4 Å². The van der Waals surface area contributed by atoms with Gasteiger partial charge in [-0.2, -0.15) is 0 Å². The summed E-state index contributed by atoms with van der Waals surface area (Å²) in [6.45, 7) is 0. The average molecular weight is 269 g/mol. The summed E-state index contributed by atoms with van der Waals surface area (Å²) in [6.07, 6.45) is 4.52. The molecular weight excluding hydrogens is 264 g/mol. The quantitative estimate of drug-likeness (QED) is 0.787. The van der Waals surface area contributed by atoms with E-state index in [1.54, 1.807) is 6.20 Å². The number of halogens is 1. The Bertz CT molecular complexity index is 455. The van der Waals surface area contributed by atoms with Gasteiger partial charge in [0.1, 0.15) is 5.69 Å². The molecule has 2 rings (SSSR count). The van der Waals surface area contributed by atoms with E-state index in [0.29, 0.717) is 10.6 Å². The minimum Gasteiger partial charge on any atom is -0.286 e. The lowest BCUT2D eigenvalue weighted by atomic mass is 10.2. The molecule has 3 nitrogen and oxygen atoms in total. The number of hydrogen-bond donors (Lipinski definition) is 0. The molecule has 0 saturated carbocycles. The van der Waals surface area contributed by atoms with Gasteiger partial charge in [0.15, 0.2) is 0 Å². The maximum Gasteiger partial charge on any atom is 0.223 e. The molecule has 5 heteroatoms. The summed E-state index contributed by atoms with van der Waals surface area (Å²) in [6, 6.07) is 1.84. The van der Waals surface area contributed by atoms with Gasteiger partial charge in [0, 0.05) is 16.9 Å². The van der Waals surface area contributed by atoms with Crippen molar-refractivity contribution in [1.29, 1.82) is 0 Å². The molecule has 0 spiro atoms. The minimum absolute atomic E-state index is 0.0972. The second kappa shape index (κ2) is 3.98. The van der Waals surface area contributed by atoms with Crippen LogP contribution in [0.3, 0.4) is 0 Å². The summed E-state index contributed by atoms with van der Waals surface area (Å²) < 4.78 is 0.804. The van der Waals surface area contributed by atoms with Gasteiger partial charge in [-0.05, 0) is 27.4 Å². The standard InChI is InChI=1S/C9H5BrN2OS/c10-6-1-4-14-9(6)8(13)7-5-11-2-3-12-7/h1-5H. The van der Waals surface area contributed by atoms with Crippen LogP contribution in [0, 0.1) is 0 Å². The smallest absolute Gasteiger partial charge is 0.223 e. The van der Waals surface area contributed by atoms with Crippen LogP contribution in [0.25, 0.3) is 0 Å². The summed E-state index contributed by atoms with van der Waals surface area (Å²) in [5.41, 5.74) is 0.371. The first-order chi connectivity index (χ1) is 6.79. The Kier molecular flexibility index (Phi) is 2.69. The van der Waals surface area contributed by atoms with E-state index < -0.39 is 0 Å². The summed E-state index contributed by atoms with van der Waals surface area (Å²) in [5.74, 6) is -0.0972. The molecule has 0 atom stereocenters. The molecule has 0 aliphatic carbocycles. The van der Waals surface area contributed by atoms with Crippen LogP contribution in [0.5, 0.6) is 0 Å². The summed E-state index contributed by atoms with van der Waals surface area (Å²) in [7, 11) is 0. The Morgan fingerprint density at radius 2 is 2.29 bits per heavy atom. The zero-order chi connectivity index (χ0) is 9.97. The van der Waals surface area contributed by atoms with Gasteiger partial charge in [-0.3, -0.25) is 9.78 Å². The molecule has 2 aromatic heterocycles. The number of nitrogens with zero attached hydrogens (tertiary/aromatic N) is 2. The number of aromatic nitrogens is 2. The molecule has 0 radical (unpaired) electrons. The van der Waals surface area contributed by atoms with Gasteiger partial charge in [-0.1, -0.05) is 0 Å². The average Bonchev–Trinajstić information content (AvgIpc) is 2.65. The third-order valence-corrected chi connectivity index (χ3v) is 3.46. The van der Waals surface area contributed by atoms with Crippen LogP contribution >= 0.6 is 27.3 Å². The SMILES string of the molecule is O=C(c1cnccn1)c1sccc1Br. The van der Waals surface area contributed by atoms with Crippen LogP contribution in [-0.2, 0) is 0 Å². The van der Waals surface area contributed by atoms with E-state index in [0.717, 1.165) is 4.47 Å². The number of carbonyl (C=O) groups is 1. The van der Waals surface area contributed by atoms with E-state index in [-0.39, 0.29) is 5.78 Å². The molecule has 0 saturated heterocycles. The monoisotopic (exact) mass is 268 g/mol. The zero-order valence-electron chi connectivity index (χ0n) is 6.98. The molecule has 14 heavy (non-hydrogen) atoms. The van der Waals surface area contributed by atoms with Crippen molar-refractivity contribution < 1.29 is 4.79 Å². The molecule has 0 aliphatic rings. The van der Waals surface area contributed by atoms with Crippen molar-refractivity contribution in [2.24, 2.45) is 0 Å². The fourth-order valence-corrected chi connectivity index (χ4v) is 2.49. The third kappa shape index (κ3) is 1.73. The summed E-state index contributed by atoms with van der Waals surface area (Å²) >= 11 is 4.69. The fraction of sp³-hybridized carbons (Fsp3) is 0. The minimum atomic E-state index is -0.0972. The molecule has 0 aromatic carbocycles. The molecule has 0 amide bonds. The van der Waals surface area contributed by atoms with Gasteiger partial charge < -0.3 is 0 Å². The van der Waals surface area contributed by atoms with Gasteiger partial charge >= 0.3 is 0 Å². The molecule has 0 unspecified atom stereocenters. The zero-order valence-corrected chi connectivity index (χ0v) is 9.38. The molecule has 70 valence electrons. The van der Waals surface area contributed by atoms with Gasteiger partial charge in [-0.25, -0.2) is 4.98 Å². The molecule has 0 N–H and O–H groups in total. The molecule has 2 aromatic rings. The van der Waals surface area contributed by atoms with Crippen LogP contribution in [0.4, 0.5) is 0 Å². The Hall–Kier alpha value is -1.07. The lowest BCUT2D eigenvalue weighted by molar-refractivity contribution is 0.103. The van der Waals surface area contributed by atoms with Crippen molar-refractivity contribution in [2.45, 2.75) is 0 Å². The largest absolute Gasteiger partial charge is 0.286 e. The predicted octanol–water partition coefficient (Wildman–Crippen LogP) is 2.53. The first-order valence-electron chi connectivity index (χ1n) is 3.83. The first kappa shape index (κ1) is 9.48. The first-order valence-corrected chi connectivity index (χ1v) is 5.50. The third-order valence-electron chi connectivity index (χ3n) is 1.62. The van der Waals surface area contributed by atoms with Crippen LogP contribution < -0.4 is 0 Å². The highest BCUT2D eigenvalue weighted by molar-refractivity contribution is 9.10. The van der Waals surface area contributed by atoms with Crippen molar-refractivity contribution in [1.82, 2.24) is 9.97 Å². The van der Waals surface area contributed by atoms with Crippen molar-refractivity contribution in [3.8, 4) is 0 Å². The van der Waals surface area contributed by atoms with Crippen molar-refractivity contribution in [2.75, 3.05) is 0 Å². The molecular formula is C9H5BrN2OS. The normalized spacial score (nSPS) is 10.1. The lowest BCUT2D eigenvalue weighted by Gasteiger charge is -1.96. The highest BCUT2D eigenvalue weighted by atomic mass is 79.9. The Morgan fingerprint density at radius 3 is 2.86 bits per heavy atom. The van der Waals surface area contributed by atoms with Gasteiger partial charge in [0.2, 0.25) is 5.78 Å². The maximum absolute atomic E-state index is 11.8. The molecule has 2 heterocycles. The highest BCUT2D eigenvalue weighted by Crippen LogP contribution is 2.24. The van der Waals surface area contributed by atoms with E-state index >= 15 is 0 Å². The van der Waals surface area contributed by atoms with E-state index in [1.165, 1.54) is 23.7 Å². The molecule has 0 aliphatic heterocycles. The van der Waals surface area contributed by atoms with E-state index in [2.05, 4.69) is 25.9 Å². The summed E-state index contributed by atoms with van der Waals surface area (Å²) in [5, 5.41) is 1.85. The van der Waals surface area contributed by atoms with Gasteiger partial charge in [0.25, 0.3) is 0 Å². The van der Waals surface area contributed by atoms with Crippen molar-refractivity contribution in [3.05, 3.63) is 45.1 Å². The number of rotatable bonds is 2. The van der Waals surface area contributed by atoms with Gasteiger partial charge in [-0.15, -0.1) is 11.3 Å². The Balaban J connectivity index is 2.39. The molecule has 0 fully saturated rings. The van der Waals surface area contributed by atoms with Crippen LogP contribution in [0.2, 0.25) is 0 Å². The number of carbonyl (C=O) groups excluding carboxylic acids is 1. The van der Waals surface area contributed by atoms with Crippen LogP contribution in [0.15, 0.2) is 34.5 Å². The molecule has 0 bridgehead atoms. The Morgan fingerprint density at radius 1 is 1.43 bits per heavy atom. The fourth-order valence-electron chi connectivity index (χ4n) is 0.988. The van der Waals surface area contributed by atoms with Crippen molar-refractivity contribution >= 4 is 33.0 Å². The second-order valence-corrected chi connectivity index (χ2v) is 4.29. The predicted molar refractivity (Wildman–Crippen MR) is 57.5 cm³/mol. The van der Waals surface area contributed by atoms with E-state index in [9.17, 15) is 4.79 Å². The van der Waals surface area contributed by atoms with Crippen molar-refractivity contribution in [3.63, 3.8) is 0 Å². The number of hydrogen-bond acceptors (Lipinski definition) is 4. The summed E-state index contributed by atoms with van der Waals surface area (Å²) in [4.78, 5) is 20.3. The topological polar surface area (TPSA) is 42.9 Å². The lowest BCUT2D eigenvalue weighted by Crippen LogP contribution is -2.02. The van der Waals surface area contributed by atoms with E-state index in [4.69, 9.17) is 0 Å². The highest BCUT2D eigenvalue weighted by Gasteiger charge is 2.14. The van der Waals surface area contributed by atoms with Crippen LogP contribution in [0.1, 0.15) is 15.4 Å². The number of thiophene rings is 1. The Labute approximate surface area is 93.0 Å². The second-order valence-electron chi connectivity index (χ2n) is 2.52. The van der Waals surface area contributed by atoms with Crippen LogP contribution in [-0.4, -0.2) is 15.8 Å². The van der Waals surface area contributed by atoms with Gasteiger partial charge in [0.05, 0.1) is 11.1 Å². The maximum atomic E-state index is 11.8. The number of ketones is 1.